The molecule has 2 heterocycles. The first kappa shape index (κ1) is 14.9. The van der Waals surface area contributed by atoms with Gasteiger partial charge in [0, 0.05) is 24.7 Å². The lowest BCUT2D eigenvalue weighted by atomic mass is 9.97. The summed E-state index contributed by atoms with van der Waals surface area (Å²) in [5.41, 5.74) is -0.132. The molecule has 0 radical (unpaired) electrons. The third-order valence-corrected chi connectivity index (χ3v) is 4.81. The fraction of sp³-hybridized carbons (Fsp3) is 0.625. The molecule has 0 aromatic heterocycles. The average Bonchev–Trinajstić information content (AvgIpc) is 2.76. The Morgan fingerprint density at radius 2 is 1.76 bits per heavy atom. The molecule has 2 nitrogen and oxygen atoms in total. The molecule has 2 unspecified atom stereocenters. The fourth-order valence-corrected chi connectivity index (χ4v) is 3.72. The second-order valence-electron chi connectivity index (χ2n) is 6.33. The van der Waals surface area contributed by atoms with Gasteiger partial charge < -0.3 is 5.32 Å². The molecule has 2 aliphatic rings. The first-order chi connectivity index (χ1) is 9.93. The summed E-state index contributed by atoms with van der Waals surface area (Å²) < 4.78 is 39.1. The normalized spacial score (nSPS) is 29.1. The zero-order valence-corrected chi connectivity index (χ0v) is 12.2. The van der Waals surface area contributed by atoms with Crippen molar-refractivity contribution < 1.29 is 13.2 Å². The third-order valence-electron chi connectivity index (χ3n) is 4.81. The smallest absolute Gasteiger partial charge is 0.311 e. The predicted molar refractivity (Wildman–Crippen MR) is 75.9 cm³/mol. The SMILES string of the molecule is CN(Cc1ccccc1C(F)(F)F)C1CC2CCC(C1)N2. The lowest BCUT2D eigenvalue weighted by molar-refractivity contribution is -0.138. The van der Waals surface area contributed by atoms with E-state index in [-0.39, 0.29) is 0 Å². The molecule has 0 amide bonds. The minimum atomic E-state index is -4.27. The van der Waals surface area contributed by atoms with Crippen LogP contribution in [-0.2, 0) is 12.7 Å². The van der Waals surface area contributed by atoms with Crippen LogP contribution in [0, 0.1) is 0 Å². The van der Waals surface area contributed by atoms with Gasteiger partial charge in [-0.3, -0.25) is 4.90 Å². The van der Waals surface area contributed by atoms with Gasteiger partial charge >= 0.3 is 6.18 Å². The highest BCUT2D eigenvalue weighted by atomic mass is 19.4. The zero-order valence-electron chi connectivity index (χ0n) is 12.2. The van der Waals surface area contributed by atoms with E-state index in [0.29, 0.717) is 30.2 Å². The van der Waals surface area contributed by atoms with Crippen LogP contribution in [-0.4, -0.2) is 30.1 Å². The summed E-state index contributed by atoms with van der Waals surface area (Å²) in [6.07, 6.45) is 0.218. The van der Waals surface area contributed by atoms with Gasteiger partial charge in [-0.1, -0.05) is 18.2 Å². The molecule has 2 bridgehead atoms. The second-order valence-corrected chi connectivity index (χ2v) is 6.33. The second kappa shape index (κ2) is 5.61. The number of fused-ring (bicyclic) bond motifs is 2. The summed E-state index contributed by atoms with van der Waals surface area (Å²) in [6, 6.07) is 7.39. The van der Waals surface area contributed by atoms with Gasteiger partial charge in [-0.15, -0.1) is 0 Å². The molecule has 1 aromatic rings. The van der Waals surface area contributed by atoms with Crippen LogP contribution < -0.4 is 5.32 Å². The Balaban J connectivity index is 1.72. The molecule has 116 valence electrons. The van der Waals surface area contributed by atoms with Gasteiger partial charge in [0.1, 0.15) is 0 Å². The number of nitrogens with zero attached hydrogens (tertiary/aromatic N) is 1. The van der Waals surface area contributed by atoms with E-state index in [2.05, 4.69) is 10.2 Å². The van der Waals surface area contributed by atoms with Crippen molar-refractivity contribution in [2.45, 2.75) is 56.5 Å². The lowest BCUT2D eigenvalue weighted by Crippen LogP contribution is -2.46. The van der Waals surface area contributed by atoms with Gasteiger partial charge in [-0.05, 0) is 44.4 Å². The van der Waals surface area contributed by atoms with Crippen molar-refractivity contribution in [1.82, 2.24) is 10.2 Å². The Kier molecular flexibility index (Phi) is 3.97. The van der Waals surface area contributed by atoms with Gasteiger partial charge in [0.05, 0.1) is 5.56 Å². The maximum absolute atomic E-state index is 13.0. The molecule has 2 aliphatic heterocycles. The molecular formula is C16H21F3N2. The molecule has 2 atom stereocenters. The van der Waals surface area contributed by atoms with Gasteiger partial charge in [0.2, 0.25) is 0 Å². The highest BCUT2D eigenvalue weighted by molar-refractivity contribution is 5.29. The zero-order chi connectivity index (χ0) is 15.0. The van der Waals surface area contributed by atoms with E-state index in [1.807, 2.05) is 7.05 Å². The molecule has 0 saturated carbocycles. The first-order valence-electron chi connectivity index (χ1n) is 7.55. The quantitative estimate of drug-likeness (QED) is 0.920. The summed E-state index contributed by atoms with van der Waals surface area (Å²) in [7, 11) is 1.95. The average molecular weight is 298 g/mol. The van der Waals surface area contributed by atoms with Gasteiger partial charge in [0.25, 0.3) is 0 Å². The molecule has 1 N–H and O–H groups in total. The van der Waals surface area contributed by atoms with Crippen LogP contribution in [0.15, 0.2) is 24.3 Å². The van der Waals surface area contributed by atoms with Gasteiger partial charge in [0.15, 0.2) is 0 Å². The van der Waals surface area contributed by atoms with E-state index in [1.54, 1.807) is 12.1 Å². The van der Waals surface area contributed by atoms with E-state index in [4.69, 9.17) is 0 Å². The minimum Gasteiger partial charge on any atom is -0.311 e. The summed E-state index contributed by atoms with van der Waals surface area (Å²) in [5, 5.41) is 3.57. The number of piperidine rings is 1. The van der Waals surface area contributed by atoms with Crippen molar-refractivity contribution in [2.75, 3.05) is 7.05 Å². The molecule has 0 spiro atoms. The van der Waals surface area contributed by atoms with Gasteiger partial charge in [-0.25, -0.2) is 0 Å². The van der Waals surface area contributed by atoms with E-state index in [0.717, 1.165) is 12.8 Å². The van der Waals surface area contributed by atoms with E-state index < -0.39 is 11.7 Å². The largest absolute Gasteiger partial charge is 0.416 e. The predicted octanol–water partition coefficient (Wildman–Crippen LogP) is 3.42. The number of alkyl halides is 3. The fourth-order valence-electron chi connectivity index (χ4n) is 3.72. The van der Waals surface area contributed by atoms with Crippen LogP contribution in [0.25, 0.3) is 0 Å². The third kappa shape index (κ3) is 3.24. The van der Waals surface area contributed by atoms with Crippen molar-refractivity contribution >= 4 is 0 Å². The topological polar surface area (TPSA) is 15.3 Å². The summed E-state index contributed by atoms with van der Waals surface area (Å²) >= 11 is 0. The number of hydrogen-bond acceptors (Lipinski definition) is 2. The summed E-state index contributed by atoms with van der Waals surface area (Å²) in [4.78, 5) is 2.09. The van der Waals surface area contributed by atoms with Crippen LogP contribution in [0.5, 0.6) is 0 Å². The van der Waals surface area contributed by atoms with Crippen molar-refractivity contribution in [3.8, 4) is 0 Å². The number of rotatable bonds is 3. The Hall–Kier alpha value is -1.07. The van der Waals surface area contributed by atoms with Crippen molar-refractivity contribution in [3.05, 3.63) is 35.4 Å². The number of halogens is 3. The Bertz CT molecular complexity index is 489. The van der Waals surface area contributed by atoms with Crippen molar-refractivity contribution in [1.29, 1.82) is 0 Å². The highest BCUT2D eigenvalue weighted by Crippen LogP contribution is 2.34. The maximum Gasteiger partial charge on any atom is 0.416 e. The molecule has 5 heteroatoms. The Morgan fingerprint density at radius 3 is 2.38 bits per heavy atom. The number of hydrogen-bond donors (Lipinski definition) is 1. The summed E-state index contributed by atoms with van der Waals surface area (Å²) in [6.45, 7) is 0.361. The molecule has 1 aromatic carbocycles. The van der Waals surface area contributed by atoms with Crippen LogP contribution in [0.2, 0.25) is 0 Å². The minimum absolute atomic E-state index is 0.361. The molecular weight excluding hydrogens is 277 g/mol. The molecule has 3 rings (SSSR count). The first-order valence-corrected chi connectivity index (χ1v) is 7.55. The van der Waals surface area contributed by atoms with Crippen LogP contribution >= 0.6 is 0 Å². The van der Waals surface area contributed by atoms with E-state index >= 15 is 0 Å². The van der Waals surface area contributed by atoms with E-state index in [9.17, 15) is 13.2 Å². The van der Waals surface area contributed by atoms with E-state index in [1.165, 1.54) is 25.0 Å². The highest BCUT2D eigenvalue weighted by Gasteiger charge is 2.36. The van der Waals surface area contributed by atoms with Gasteiger partial charge in [-0.2, -0.15) is 13.2 Å². The van der Waals surface area contributed by atoms with Crippen LogP contribution in [0.4, 0.5) is 13.2 Å². The number of benzene rings is 1. The van der Waals surface area contributed by atoms with Crippen LogP contribution in [0.1, 0.15) is 36.8 Å². The van der Waals surface area contributed by atoms with Crippen molar-refractivity contribution in [2.24, 2.45) is 0 Å². The summed E-state index contributed by atoms with van der Waals surface area (Å²) in [5.74, 6) is 0. The standard InChI is InChI=1S/C16H21F3N2/c1-21(14-8-12-6-7-13(9-14)20-12)10-11-4-2-3-5-15(11)16(17,18)19/h2-5,12-14,20H,6-10H2,1H3. The van der Waals surface area contributed by atoms with Crippen LogP contribution in [0.3, 0.4) is 0 Å². The molecule has 21 heavy (non-hydrogen) atoms. The number of nitrogens with one attached hydrogen (secondary N) is 1. The van der Waals surface area contributed by atoms with Crippen molar-refractivity contribution in [3.63, 3.8) is 0 Å². The Morgan fingerprint density at radius 1 is 1.14 bits per heavy atom. The molecule has 2 saturated heterocycles. The maximum atomic E-state index is 13.0. The Labute approximate surface area is 123 Å². The molecule has 0 aliphatic carbocycles. The molecule has 2 fully saturated rings. The monoisotopic (exact) mass is 298 g/mol. The lowest BCUT2D eigenvalue weighted by Gasteiger charge is -2.36.